The summed E-state index contributed by atoms with van der Waals surface area (Å²) in [5.41, 5.74) is 1.31. The van der Waals surface area contributed by atoms with E-state index in [2.05, 4.69) is 39.1 Å². The number of aromatic amines is 1. The fourth-order valence-corrected chi connectivity index (χ4v) is 1.67. The molecular weight excluding hydrogens is 258 g/mol. The van der Waals surface area contributed by atoms with Gasteiger partial charge >= 0.3 is 0 Å². The Hall–Kier alpha value is -1.89. The van der Waals surface area contributed by atoms with Gasteiger partial charge in [-0.1, -0.05) is 13.8 Å². The van der Waals surface area contributed by atoms with Crippen molar-refractivity contribution >= 4 is 17.1 Å². The molecule has 2 rings (SSSR count). The lowest BCUT2D eigenvalue weighted by molar-refractivity contribution is 0.0995. The first-order valence-electron chi connectivity index (χ1n) is 7.00. The van der Waals surface area contributed by atoms with Crippen LogP contribution >= 0.6 is 0 Å². The number of fused-ring (bicyclic) bond motifs is 1. The SMILES string of the molecule is CCCNc1nc(OCCOCCC)c2[nH]cnc2n1. The van der Waals surface area contributed by atoms with Crippen LogP contribution in [0.3, 0.4) is 0 Å². The number of hydrogen-bond acceptors (Lipinski definition) is 6. The van der Waals surface area contributed by atoms with Gasteiger partial charge in [-0.2, -0.15) is 9.97 Å². The van der Waals surface area contributed by atoms with Crippen molar-refractivity contribution in [2.24, 2.45) is 0 Å². The van der Waals surface area contributed by atoms with Gasteiger partial charge in [0.25, 0.3) is 0 Å². The largest absolute Gasteiger partial charge is 0.474 e. The van der Waals surface area contributed by atoms with Crippen LogP contribution in [0.5, 0.6) is 5.88 Å². The van der Waals surface area contributed by atoms with Crippen molar-refractivity contribution in [1.82, 2.24) is 19.9 Å². The maximum Gasteiger partial charge on any atom is 0.245 e. The molecule has 0 fully saturated rings. The molecular formula is C13H21N5O2. The third-order valence-electron chi connectivity index (χ3n) is 2.60. The molecule has 0 aromatic carbocycles. The lowest BCUT2D eigenvalue weighted by Crippen LogP contribution is -2.10. The summed E-state index contributed by atoms with van der Waals surface area (Å²) in [6, 6.07) is 0. The zero-order valence-corrected chi connectivity index (χ0v) is 12.0. The van der Waals surface area contributed by atoms with Gasteiger partial charge in [0.15, 0.2) is 5.65 Å². The highest BCUT2D eigenvalue weighted by Crippen LogP contribution is 2.20. The highest BCUT2D eigenvalue weighted by molar-refractivity contribution is 5.76. The molecule has 2 aromatic rings. The van der Waals surface area contributed by atoms with Crippen LogP contribution in [-0.2, 0) is 4.74 Å². The van der Waals surface area contributed by atoms with E-state index in [9.17, 15) is 0 Å². The third kappa shape index (κ3) is 3.80. The molecule has 0 atom stereocenters. The number of nitrogens with one attached hydrogen (secondary N) is 2. The molecule has 20 heavy (non-hydrogen) atoms. The summed E-state index contributed by atoms with van der Waals surface area (Å²) in [4.78, 5) is 15.8. The quantitative estimate of drug-likeness (QED) is 0.683. The van der Waals surface area contributed by atoms with Gasteiger partial charge in [0.05, 0.1) is 12.9 Å². The molecule has 2 aromatic heterocycles. The second kappa shape index (κ2) is 7.64. The minimum absolute atomic E-state index is 0.457. The van der Waals surface area contributed by atoms with E-state index in [1.807, 2.05) is 0 Å². The standard InChI is InChI=1S/C13H21N5O2/c1-3-5-14-13-17-11-10(15-9-16-11)12(18-13)20-8-7-19-6-4-2/h9H,3-8H2,1-2H3,(H2,14,15,16,17,18). The Kier molecular flexibility index (Phi) is 5.55. The molecule has 0 aliphatic heterocycles. The predicted octanol–water partition coefficient (Wildman–Crippen LogP) is 1.98. The minimum Gasteiger partial charge on any atom is -0.474 e. The van der Waals surface area contributed by atoms with Crippen LogP contribution < -0.4 is 10.1 Å². The summed E-state index contributed by atoms with van der Waals surface area (Å²) in [5, 5.41) is 3.14. The lowest BCUT2D eigenvalue weighted by atomic mass is 10.5. The fourth-order valence-electron chi connectivity index (χ4n) is 1.67. The van der Waals surface area contributed by atoms with E-state index < -0.39 is 0 Å². The topological polar surface area (TPSA) is 85.0 Å². The first-order chi connectivity index (χ1) is 9.85. The molecule has 0 radical (unpaired) electrons. The highest BCUT2D eigenvalue weighted by Gasteiger charge is 2.10. The Balaban J connectivity index is 2.03. The van der Waals surface area contributed by atoms with E-state index >= 15 is 0 Å². The van der Waals surface area contributed by atoms with E-state index in [0.29, 0.717) is 36.2 Å². The van der Waals surface area contributed by atoms with Crippen molar-refractivity contribution in [1.29, 1.82) is 0 Å². The summed E-state index contributed by atoms with van der Waals surface area (Å²) < 4.78 is 11.0. The molecule has 0 saturated carbocycles. The Bertz CT molecular complexity index is 528. The van der Waals surface area contributed by atoms with Gasteiger partial charge < -0.3 is 19.8 Å². The van der Waals surface area contributed by atoms with Gasteiger partial charge in [0, 0.05) is 13.2 Å². The average molecular weight is 279 g/mol. The molecule has 7 heteroatoms. The Morgan fingerprint density at radius 1 is 1.15 bits per heavy atom. The number of nitrogens with zero attached hydrogens (tertiary/aromatic N) is 3. The molecule has 0 aliphatic rings. The van der Waals surface area contributed by atoms with Gasteiger partial charge in [0.2, 0.25) is 11.8 Å². The number of ether oxygens (including phenoxy) is 2. The zero-order valence-electron chi connectivity index (χ0n) is 12.0. The van der Waals surface area contributed by atoms with Crippen LogP contribution in [0.25, 0.3) is 11.2 Å². The molecule has 0 unspecified atom stereocenters. The first-order valence-corrected chi connectivity index (χ1v) is 7.00. The molecule has 2 N–H and O–H groups in total. The Morgan fingerprint density at radius 2 is 2.05 bits per heavy atom. The second-order valence-electron chi connectivity index (χ2n) is 4.34. The lowest BCUT2D eigenvalue weighted by Gasteiger charge is -2.08. The van der Waals surface area contributed by atoms with Crippen LogP contribution in [0.1, 0.15) is 26.7 Å². The number of aromatic nitrogens is 4. The van der Waals surface area contributed by atoms with E-state index in [4.69, 9.17) is 9.47 Å². The predicted molar refractivity (Wildman–Crippen MR) is 77.1 cm³/mol. The smallest absolute Gasteiger partial charge is 0.245 e. The van der Waals surface area contributed by atoms with Gasteiger partial charge in [-0.15, -0.1) is 0 Å². The minimum atomic E-state index is 0.457. The zero-order chi connectivity index (χ0) is 14.2. The van der Waals surface area contributed by atoms with Gasteiger partial charge in [0.1, 0.15) is 12.1 Å². The normalized spacial score (nSPS) is 10.9. The summed E-state index contributed by atoms with van der Waals surface area (Å²) in [5.74, 6) is 1.04. The Labute approximate surface area is 118 Å². The second-order valence-corrected chi connectivity index (χ2v) is 4.34. The summed E-state index contributed by atoms with van der Waals surface area (Å²) in [6.07, 6.45) is 3.59. The third-order valence-corrected chi connectivity index (χ3v) is 2.60. The van der Waals surface area contributed by atoms with E-state index in [1.54, 1.807) is 6.33 Å². The van der Waals surface area contributed by atoms with Crippen LogP contribution in [0.15, 0.2) is 6.33 Å². The Morgan fingerprint density at radius 3 is 2.85 bits per heavy atom. The van der Waals surface area contributed by atoms with Crippen LogP contribution in [-0.4, -0.2) is 46.3 Å². The van der Waals surface area contributed by atoms with Crippen molar-refractivity contribution in [3.63, 3.8) is 0 Å². The molecule has 0 saturated heterocycles. The molecule has 7 nitrogen and oxygen atoms in total. The van der Waals surface area contributed by atoms with Crippen molar-refractivity contribution in [2.45, 2.75) is 26.7 Å². The first kappa shape index (κ1) is 14.5. The van der Waals surface area contributed by atoms with Crippen molar-refractivity contribution in [3.8, 4) is 5.88 Å². The number of rotatable bonds is 9. The monoisotopic (exact) mass is 279 g/mol. The number of anilines is 1. The van der Waals surface area contributed by atoms with Crippen molar-refractivity contribution in [3.05, 3.63) is 6.33 Å². The molecule has 2 heterocycles. The van der Waals surface area contributed by atoms with Gasteiger partial charge in [-0.3, -0.25) is 0 Å². The molecule has 0 aliphatic carbocycles. The molecule has 0 spiro atoms. The van der Waals surface area contributed by atoms with Gasteiger partial charge in [-0.25, -0.2) is 4.98 Å². The van der Waals surface area contributed by atoms with E-state index in [1.165, 1.54) is 0 Å². The molecule has 110 valence electrons. The average Bonchev–Trinajstić information content (AvgIpc) is 2.93. The van der Waals surface area contributed by atoms with Crippen molar-refractivity contribution in [2.75, 3.05) is 31.7 Å². The fraction of sp³-hybridized carbons (Fsp3) is 0.615. The van der Waals surface area contributed by atoms with E-state index in [0.717, 1.165) is 26.0 Å². The number of H-pyrrole nitrogens is 1. The summed E-state index contributed by atoms with van der Waals surface area (Å²) in [7, 11) is 0. The van der Waals surface area contributed by atoms with Crippen LogP contribution in [0.4, 0.5) is 5.95 Å². The summed E-state index contributed by atoms with van der Waals surface area (Å²) in [6.45, 7) is 6.72. The van der Waals surface area contributed by atoms with Crippen LogP contribution in [0.2, 0.25) is 0 Å². The molecule has 0 bridgehead atoms. The molecule has 0 amide bonds. The highest BCUT2D eigenvalue weighted by atomic mass is 16.5. The van der Waals surface area contributed by atoms with Crippen LogP contribution in [0, 0.1) is 0 Å². The maximum atomic E-state index is 5.66. The van der Waals surface area contributed by atoms with Gasteiger partial charge in [-0.05, 0) is 12.8 Å². The summed E-state index contributed by atoms with van der Waals surface area (Å²) >= 11 is 0. The van der Waals surface area contributed by atoms with E-state index in [-0.39, 0.29) is 0 Å². The number of hydrogen-bond donors (Lipinski definition) is 2. The maximum absolute atomic E-state index is 5.66. The number of imidazole rings is 1. The van der Waals surface area contributed by atoms with Crippen molar-refractivity contribution < 1.29 is 9.47 Å².